The van der Waals surface area contributed by atoms with E-state index in [9.17, 15) is 22.0 Å². The molecule has 1 aliphatic carbocycles. The van der Waals surface area contributed by atoms with E-state index in [-0.39, 0.29) is 12.8 Å². The molecule has 1 aromatic rings. The summed E-state index contributed by atoms with van der Waals surface area (Å²) >= 11 is 0. The molecule has 0 spiro atoms. The van der Waals surface area contributed by atoms with Gasteiger partial charge in [0.05, 0.1) is 0 Å². The van der Waals surface area contributed by atoms with Gasteiger partial charge in [0.1, 0.15) is 16.5 Å². The molecule has 1 saturated carbocycles. The highest BCUT2D eigenvalue weighted by Gasteiger charge is 2.56. The van der Waals surface area contributed by atoms with Gasteiger partial charge in [-0.3, -0.25) is 4.79 Å². The van der Waals surface area contributed by atoms with E-state index >= 15 is 0 Å². The fraction of sp³-hybridized carbons (Fsp3) is 0.364. The van der Waals surface area contributed by atoms with Crippen LogP contribution in [0.3, 0.4) is 0 Å². The number of carboxylic acid groups (broad SMARTS) is 1. The van der Waals surface area contributed by atoms with E-state index in [1.807, 2.05) is 0 Å². The monoisotopic (exact) mass is 276 g/mol. The van der Waals surface area contributed by atoms with Crippen LogP contribution in [0.4, 0.5) is 8.78 Å². The van der Waals surface area contributed by atoms with Crippen LogP contribution in [-0.4, -0.2) is 24.2 Å². The van der Waals surface area contributed by atoms with E-state index in [0.717, 1.165) is 6.07 Å². The van der Waals surface area contributed by atoms with Crippen molar-refractivity contribution in [3.05, 3.63) is 29.8 Å². The molecule has 0 saturated heterocycles. The number of halogens is 2. The molecule has 0 atom stereocenters. The number of hydrogen-bond acceptors (Lipinski definition) is 3. The van der Waals surface area contributed by atoms with Gasteiger partial charge in [0.15, 0.2) is 14.6 Å². The fourth-order valence-electron chi connectivity index (χ4n) is 1.99. The number of carbonyl (C=O) groups is 1. The number of aliphatic carboxylic acids is 1. The predicted molar refractivity (Wildman–Crippen MR) is 57.8 cm³/mol. The Balaban J connectivity index is 2.62. The SMILES string of the molecule is O=C(O)C1(S(=O)(=O)c2cc(F)ccc2F)CCC1. The fourth-order valence-corrected chi connectivity index (χ4v) is 4.06. The summed E-state index contributed by atoms with van der Waals surface area (Å²) in [6.45, 7) is 0. The van der Waals surface area contributed by atoms with E-state index in [1.165, 1.54) is 0 Å². The van der Waals surface area contributed by atoms with Gasteiger partial charge >= 0.3 is 5.97 Å². The Bertz CT molecular complexity index is 605. The lowest BCUT2D eigenvalue weighted by molar-refractivity contribution is -0.142. The van der Waals surface area contributed by atoms with Gasteiger partial charge < -0.3 is 5.11 Å². The van der Waals surface area contributed by atoms with Crippen molar-refractivity contribution in [2.75, 3.05) is 0 Å². The van der Waals surface area contributed by atoms with Crippen LogP contribution >= 0.6 is 0 Å². The van der Waals surface area contributed by atoms with Gasteiger partial charge in [0.2, 0.25) is 0 Å². The first-order valence-electron chi connectivity index (χ1n) is 5.24. The Labute approximate surface area is 102 Å². The Kier molecular flexibility index (Phi) is 2.89. The van der Waals surface area contributed by atoms with Crippen molar-refractivity contribution in [1.29, 1.82) is 0 Å². The first kappa shape index (κ1) is 12.9. The van der Waals surface area contributed by atoms with E-state index in [2.05, 4.69) is 0 Å². The predicted octanol–water partition coefficient (Wildman–Crippen LogP) is 1.75. The molecule has 0 aliphatic heterocycles. The Morgan fingerprint density at radius 2 is 1.89 bits per heavy atom. The third-order valence-corrected chi connectivity index (χ3v) is 5.75. The zero-order chi connectivity index (χ0) is 13.6. The molecule has 0 aromatic heterocycles. The summed E-state index contributed by atoms with van der Waals surface area (Å²) in [5.74, 6) is -3.57. The minimum absolute atomic E-state index is 0.0827. The van der Waals surface area contributed by atoms with Crippen LogP contribution in [0, 0.1) is 11.6 Å². The molecule has 98 valence electrons. The third-order valence-electron chi connectivity index (χ3n) is 3.25. The van der Waals surface area contributed by atoms with E-state index in [4.69, 9.17) is 5.11 Å². The second-order valence-corrected chi connectivity index (χ2v) is 6.46. The second kappa shape index (κ2) is 4.01. The molecular weight excluding hydrogens is 266 g/mol. The molecule has 1 N–H and O–H groups in total. The molecule has 0 unspecified atom stereocenters. The zero-order valence-corrected chi connectivity index (χ0v) is 10.0. The Morgan fingerprint density at radius 3 is 2.33 bits per heavy atom. The van der Waals surface area contributed by atoms with Crippen molar-refractivity contribution in [3.63, 3.8) is 0 Å². The first-order valence-corrected chi connectivity index (χ1v) is 6.73. The molecule has 18 heavy (non-hydrogen) atoms. The first-order chi connectivity index (χ1) is 8.31. The molecule has 2 rings (SSSR count). The van der Waals surface area contributed by atoms with Crippen molar-refractivity contribution in [1.82, 2.24) is 0 Å². The van der Waals surface area contributed by atoms with E-state index < -0.39 is 37.1 Å². The molecule has 0 amide bonds. The lowest BCUT2D eigenvalue weighted by Gasteiger charge is -2.36. The number of carboxylic acids is 1. The lowest BCUT2D eigenvalue weighted by atomic mass is 9.84. The average Bonchev–Trinajstić information content (AvgIpc) is 2.18. The van der Waals surface area contributed by atoms with Crippen LogP contribution < -0.4 is 0 Å². The van der Waals surface area contributed by atoms with Gasteiger partial charge in [0.25, 0.3) is 0 Å². The number of sulfone groups is 1. The van der Waals surface area contributed by atoms with Crippen LogP contribution in [0.15, 0.2) is 23.1 Å². The second-order valence-electron chi connectivity index (χ2n) is 4.23. The van der Waals surface area contributed by atoms with Crippen LogP contribution in [0.25, 0.3) is 0 Å². The maximum atomic E-state index is 13.5. The highest BCUT2D eigenvalue weighted by molar-refractivity contribution is 7.93. The molecule has 0 heterocycles. The molecule has 1 aromatic carbocycles. The van der Waals surface area contributed by atoms with Crippen molar-refractivity contribution < 1.29 is 27.1 Å². The topological polar surface area (TPSA) is 71.4 Å². The third kappa shape index (κ3) is 1.61. The van der Waals surface area contributed by atoms with Crippen LogP contribution in [-0.2, 0) is 14.6 Å². The minimum Gasteiger partial charge on any atom is -0.480 e. The molecule has 4 nitrogen and oxygen atoms in total. The molecule has 1 aliphatic rings. The van der Waals surface area contributed by atoms with E-state index in [0.29, 0.717) is 18.6 Å². The largest absolute Gasteiger partial charge is 0.480 e. The highest BCUT2D eigenvalue weighted by atomic mass is 32.2. The van der Waals surface area contributed by atoms with Gasteiger partial charge in [0, 0.05) is 0 Å². The summed E-state index contributed by atoms with van der Waals surface area (Å²) in [5.41, 5.74) is 0. The normalized spacial score (nSPS) is 18.1. The molecular formula is C11H10F2O4S. The standard InChI is InChI=1S/C11H10F2O4S/c12-7-2-3-8(13)9(6-7)18(16,17)11(10(14)15)4-1-5-11/h2-3,6H,1,4-5H2,(H,14,15). The van der Waals surface area contributed by atoms with Crippen molar-refractivity contribution >= 4 is 15.8 Å². The van der Waals surface area contributed by atoms with Gasteiger partial charge in [-0.05, 0) is 37.5 Å². The molecule has 7 heteroatoms. The highest BCUT2D eigenvalue weighted by Crippen LogP contribution is 2.43. The maximum absolute atomic E-state index is 13.5. The smallest absolute Gasteiger partial charge is 0.325 e. The summed E-state index contributed by atoms with van der Waals surface area (Å²) in [7, 11) is -4.43. The zero-order valence-electron chi connectivity index (χ0n) is 9.19. The summed E-state index contributed by atoms with van der Waals surface area (Å²) in [5, 5.41) is 9.05. The number of rotatable bonds is 3. The summed E-state index contributed by atoms with van der Waals surface area (Å²) in [6, 6.07) is 1.98. The van der Waals surface area contributed by atoms with E-state index in [1.54, 1.807) is 0 Å². The van der Waals surface area contributed by atoms with Crippen molar-refractivity contribution in [3.8, 4) is 0 Å². The molecule has 0 bridgehead atoms. The number of benzene rings is 1. The lowest BCUT2D eigenvalue weighted by Crippen LogP contribution is -2.52. The van der Waals surface area contributed by atoms with Gasteiger partial charge in [-0.2, -0.15) is 0 Å². The van der Waals surface area contributed by atoms with Gasteiger partial charge in [-0.15, -0.1) is 0 Å². The Morgan fingerprint density at radius 1 is 1.28 bits per heavy atom. The van der Waals surface area contributed by atoms with Crippen LogP contribution in [0.2, 0.25) is 0 Å². The van der Waals surface area contributed by atoms with Crippen LogP contribution in [0.5, 0.6) is 0 Å². The number of hydrogen-bond donors (Lipinski definition) is 1. The average molecular weight is 276 g/mol. The maximum Gasteiger partial charge on any atom is 0.325 e. The van der Waals surface area contributed by atoms with Crippen molar-refractivity contribution in [2.45, 2.75) is 28.9 Å². The van der Waals surface area contributed by atoms with Crippen molar-refractivity contribution in [2.24, 2.45) is 0 Å². The quantitative estimate of drug-likeness (QED) is 0.913. The minimum atomic E-state index is -4.43. The molecule has 0 radical (unpaired) electrons. The molecule has 1 fully saturated rings. The van der Waals surface area contributed by atoms with Gasteiger partial charge in [-0.1, -0.05) is 0 Å². The van der Waals surface area contributed by atoms with Gasteiger partial charge in [-0.25, -0.2) is 17.2 Å². The summed E-state index contributed by atoms with van der Waals surface area (Å²) in [4.78, 5) is 10.2. The summed E-state index contributed by atoms with van der Waals surface area (Å²) in [6.07, 6.45) is 0.268. The summed E-state index contributed by atoms with van der Waals surface area (Å²) < 4.78 is 48.8. The van der Waals surface area contributed by atoms with Crippen LogP contribution in [0.1, 0.15) is 19.3 Å². The Hall–Kier alpha value is -1.50.